The Kier molecular flexibility index (Phi) is 11.6. The number of nitrogens with zero attached hydrogens (tertiary/aromatic N) is 2. The largest absolute Gasteiger partial charge is 0.445 e. The van der Waals surface area contributed by atoms with Crippen LogP contribution in [0.1, 0.15) is 75.5 Å². The number of nitrogens with two attached hydrogens (primary N) is 1. The van der Waals surface area contributed by atoms with E-state index in [0.29, 0.717) is 31.7 Å². The summed E-state index contributed by atoms with van der Waals surface area (Å²) in [6.07, 6.45) is 1.01. The summed E-state index contributed by atoms with van der Waals surface area (Å²) in [5.41, 5.74) is 8.33. The standard InChI is InChI=1S/C34H45N5O6/c1-22(2)26-11-9-24(10-12-26)19-36-31(41)28(14-16-30(35)40)37-32(42)29-15-13-27-17-18-38(20-23(3)33(43)39(27)29)34(44)45-21-25-7-5-4-6-8-25/h4-12,22-23,27-29H,13-21H2,1-3H3,(H2,35,40)(H,36,41)(H,37,42)/t23-,27+,28-,29-/m0/s1. The van der Waals surface area contributed by atoms with Crippen LogP contribution in [-0.4, -0.2) is 70.7 Å². The molecule has 5 amide bonds. The van der Waals surface area contributed by atoms with Crippen molar-refractivity contribution in [2.24, 2.45) is 11.7 Å². The van der Waals surface area contributed by atoms with Crippen LogP contribution in [0.25, 0.3) is 0 Å². The summed E-state index contributed by atoms with van der Waals surface area (Å²) in [6.45, 7) is 6.93. The first-order chi connectivity index (χ1) is 21.5. The van der Waals surface area contributed by atoms with Gasteiger partial charge in [-0.15, -0.1) is 0 Å². The zero-order valence-electron chi connectivity index (χ0n) is 26.4. The Morgan fingerprint density at radius 2 is 1.69 bits per heavy atom. The average Bonchev–Trinajstić information content (AvgIpc) is 3.45. The Morgan fingerprint density at radius 1 is 0.978 bits per heavy atom. The fraction of sp³-hybridized carbons (Fsp3) is 0.500. The maximum absolute atomic E-state index is 13.6. The van der Waals surface area contributed by atoms with Crippen LogP contribution in [0.4, 0.5) is 4.79 Å². The molecule has 0 spiro atoms. The summed E-state index contributed by atoms with van der Waals surface area (Å²) in [6, 6.07) is 15.4. The van der Waals surface area contributed by atoms with Gasteiger partial charge in [-0.05, 0) is 48.3 Å². The first-order valence-corrected chi connectivity index (χ1v) is 15.8. The smallest absolute Gasteiger partial charge is 0.410 e. The molecule has 0 unspecified atom stereocenters. The third-order valence-corrected chi connectivity index (χ3v) is 8.60. The van der Waals surface area contributed by atoms with Crippen molar-refractivity contribution >= 4 is 29.7 Å². The SMILES string of the molecule is CC(C)c1ccc(CNC(=O)[C@H](CCC(N)=O)NC(=O)[C@@H]2CC[C@@H]3CCN(C(=O)OCc4ccccc4)C[C@H](C)C(=O)N32)cc1. The molecule has 2 aliphatic rings. The maximum Gasteiger partial charge on any atom is 0.410 e. The Balaban J connectivity index is 1.37. The average molecular weight is 620 g/mol. The van der Waals surface area contributed by atoms with Gasteiger partial charge >= 0.3 is 6.09 Å². The highest BCUT2D eigenvalue weighted by Gasteiger charge is 2.44. The molecule has 2 aromatic carbocycles. The number of carbonyl (C=O) groups excluding carboxylic acids is 5. The molecule has 4 rings (SSSR count). The highest BCUT2D eigenvalue weighted by atomic mass is 16.6. The minimum atomic E-state index is -0.990. The van der Waals surface area contributed by atoms with Crippen molar-refractivity contribution in [3.63, 3.8) is 0 Å². The van der Waals surface area contributed by atoms with Gasteiger partial charge < -0.3 is 30.9 Å². The summed E-state index contributed by atoms with van der Waals surface area (Å²) in [7, 11) is 0. The molecular formula is C34H45N5O6. The molecular weight excluding hydrogens is 574 g/mol. The number of fused-ring (bicyclic) bond motifs is 1. The van der Waals surface area contributed by atoms with E-state index >= 15 is 0 Å². The van der Waals surface area contributed by atoms with Crippen molar-refractivity contribution in [3.8, 4) is 0 Å². The van der Waals surface area contributed by atoms with E-state index in [1.54, 1.807) is 16.7 Å². The van der Waals surface area contributed by atoms with E-state index < -0.39 is 41.8 Å². The number of hydrogen-bond donors (Lipinski definition) is 3. The highest BCUT2D eigenvalue weighted by molar-refractivity contribution is 5.93. The molecule has 0 saturated carbocycles. The summed E-state index contributed by atoms with van der Waals surface area (Å²) in [5, 5.41) is 5.66. The van der Waals surface area contributed by atoms with Gasteiger partial charge in [0.1, 0.15) is 18.7 Å². The van der Waals surface area contributed by atoms with Crippen LogP contribution >= 0.6 is 0 Å². The van der Waals surface area contributed by atoms with Crippen molar-refractivity contribution in [3.05, 3.63) is 71.3 Å². The first-order valence-electron chi connectivity index (χ1n) is 15.8. The van der Waals surface area contributed by atoms with Crippen LogP contribution < -0.4 is 16.4 Å². The minimum Gasteiger partial charge on any atom is -0.445 e. The van der Waals surface area contributed by atoms with Crippen LogP contribution in [0.15, 0.2) is 54.6 Å². The molecule has 2 fully saturated rings. The topological polar surface area (TPSA) is 151 Å². The molecule has 0 bridgehead atoms. The number of hydrogen-bond acceptors (Lipinski definition) is 6. The Labute approximate surface area is 264 Å². The van der Waals surface area contributed by atoms with Gasteiger partial charge in [0.15, 0.2) is 0 Å². The van der Waals surface area contributed by atoms with Crippen molar-refractivity contribution in [1.29, 1.82) is 0 Å². The van der Waals surface area contributed by atoms with E-state index in [1.807, 2.05) is 54.6 Å². The van der Waals surface area contributed by atoms with E-state index in [0.717, 1.165) is 11.1 Å². The molecule has 11 heteroatoms. The Morgan fingerprint density at radius 3 is 2.36 bits per heavy atom. The van der Waals surface area contributed by atoms with Gasteiger partial charge in [-0.3, -0.25) is 19.2 Å². The Bertz CT molecular complexity index is 1350. The van der Waals surface area contributed by atoms with Crippen molar-refractivity contribution in [2.45, 2.75) is 90.1 Å². The fourth-order valence-corrected chi connectivity index (χ4v) is 5.95. The number of amides is 5. The fourth-order valence-electron chi connectivity index (χ4n) is 5.95. The van der Waals surface area contributed by atoms with Crippen LogP contribution in [0, 0.1) is 5.92 Å². The first kappa shape index (κ1) is 33.5. The monoisotopic (exact) mass is 619 g/mol. The van der Waals surface area contributed by atoms with Crippen molar-refractivity contribution < 1.29 is 28.7 Å². The number of nitrogens with one attached hydrogen (secondary N) is 2. The molecule has 242 valence electrons. The summed E-state index contributed by atoms with van der Waals surface area (Å²) >= 11 is 0. The Hall–Kier alpha value is -4.41. The number of ether oxygens (including phenoxy) is 1. The van der Waals surface area contributed by atoms with Gasteiger partial charge in [0.25, 0.3) is 0 Å². The predicted molar refractivity (Wildman–Crippen MR) is 168 cm³/mol. The molecule has 0 aliphatic carbocycles. The van der Waals surface area contributed by atoms with Gasteiger partial charge in [0.2, 0.25) is 23.6 Å². The molecule has 45 heavy (non-hydrogen) atoms. The van der Waals surface area contributed by atoms with E-state index in [1.165, 1.54) is 5.56 Å². The molecule has 2 heterocycles. The summed E-state index contributed by atoms with van der Waals surface area (Å²) in [4.78, 5) is 68.0. The second kappa shape index (κ2) is 15.5. The van der Waals surface area contributed by atoms with Gasteiger partial charge in [-0.2, -0.15) is 0 Å². The van der Waals surface area contributed by atoms with E-state index in [-0.39, 0.29) is 44.5 Å². The van der Waals surface area contributed by atoms with Crippen LogP contribution in [-0.2, 0) is 37.1 Å². The maximum atomic E-state index is 13.6. The van der Waals surface area contributed by atoms with Gasteiger partial charge in [-0.25, -0.2) is 4.79 Å². The number of carbonyl (C=O) groups is 5. The van der Waals surface area contributed by atoms with Crippen LogP contribution in [0.2, 0.25) is 0 Å². The number of benzene rings is 2. The third kappa shape index (κ3) is 9.06. The predicted octanol–water partition coefficient (Wildman–Crippen LogP) is 3.21. The molecule has 2 saturated heterocycles. The lowest BCUT2D eigenvalue weighted by Gasteiger charge is -2.37. The number of rotatable bonds is 11. The lowest BCUT2D eigenvalue weighted by molar-refractivity contribution is -0.145. The van der Waals surface area contributed by atoms with E-state index in [2.05, 4.69) is 24.5 Å². The third-order valence-electron chi connectivity index (χ3n) is 8.60. The summed E-state index contributed by atoms with van der Waals surface area (Å²) < 4.78 is 5.51. The minimum absolute atomic E-state index is 0.0414. The van der Waals surface area contributed by atoms with Crippen molar-refractivity contribution in [1.82, 2.24) is 20.4 Å². The highest BCUT2D eigenvalue weighted by Crippen LogP contribution is 2.31. The molecule has 2 aliphatic heterocycles. The zero-order chi connectivity index (χ0) is 32.5. The van der Waals surface area contributed by atoms with Crippen LogP contribution in [0.5, 0.6) is 0 Å². The lowest BCUT2D eigenvalue weighted by Crippen LogP contribution is -2.57. The second-order valence-corrected chi connectivity index (χ2v) is 12.3. The quantitative estimate of drug-likeness (QED) is 0.352. The van der Waals surface area contributed by atoms with Gasteiger partial charge in [0, 0.05) is 32.1 Å². The van der Waals surface area contributed by atoms with Crippen molar-refractivity contribution in [2.75, 3.05) is 13.1 Å². The zero-order valence-corrected chi connectivity index (χ0v) is 26.4. The summed E-state index contributed by atoms with van der Waals surface area (Å²) in [5.74, 6) is -1.83. The van der Waals surface area contributed by atoms with Gasteiger partial charge in [0.05, 0.1) is 5.92 Å². The number of primary amides is 1. The van der Waals surface area contributed by atoms with Crippen LogP contribution in [0.3, 0.4) is 0 Å². The lowest BCUT2D eigenvalue weighted by atomic mass is 10.0. The van der Waals surface area contributed by atoms with E-state index in [4.69, 9.17) is 10.5 Å². The molecule has 4 atom stereocenters. The normalized spacial score (nSPS) is 20.5. The molecule has 2 aromatic rings. The van der Waals surface area contributed by atoms with E-state index in [9.17, 15) is 24.0 Å². The molecule has 11 nitrogen and oxygen atoms in total. The molecule has 0 aromatic heterocycles. The second-order valence-electron chi connectivity index (χ2n) is 12.3. The molecule has 4 N–H and O–H groups in total. The van der Waals surface area contributed by atoms with Gasteiger partial charge in [-0.1, -0.05) is 75.4 Å². The molecule has 0 radical (unpaired) electrons.